The lowest BCUT2D eigenvalue weighted by atomic mass is 10.1. The van der Waals surface area contributed by atoms with Crippen molar-refractivity contribution in [1.29, 1.82) is 0 Å². The fourth-order valence-corrected chi connectivity index (χ4v) is 5.52. The number of para-hydroxylation sites is 2. The van der Waals surface area contributed by atoms with Crippen LogP contribution in [0.4, 0.5) is 5.69 Å². The normalized spacial score (nSPS) is 11.8. The summed E-state index contributed by atoms with van der Waals surface area (Å²) in [4.78, 5) is 13.0. The van der Waals surface area contributed by atoms with Gasteiger partial charge >= 0.3 is 0 Å². The predicted octanol–water partition coefficient (Wildman–Crippen LogP) is 7.46. The van der Waals surface area contributed by atoms with Gasteiger partial charge in [-0.2, -0.15) is 5.10 Å². The Morgan fingerprint density at radius 3 is 2.41 bits per heavy atom. The molecule has 8 nitrogen and oxygen atoms in total. The number of thioether (sulfide) groups is 1. The number of carbonyl (C=O) groups is 1. The number of amides is 1. The summed E-state index contributed by atoms with van der Waals surface area (Å²) in [5.74, 6) is 1.91. The molecule has 0 saturated carbocycles. The van der Waals surface area contributed by atoms with Crippen molar-refractivity contribution in [3.05, 3.63) is 139 Å². The highest BCUT2D eigenvalue weighted by Gasteiger charge is 2.21. The highest BCUT2D eigenvalue weighted by molar-refractivity contribution is 8.00. The van der Waals surface area contributed by atoms with Gasteiger partial charge in [0.05, 0.1) is 18.0 Å². The summed E-state index contributed by atoms with van der Waals surface area (Å²) < 4.78 is 7.87. The molecular weight excluding hydrogens is 568 g/mol. The zero-order chi connectivity index (χ0) is 30.1. The number of hydrazone groups is 1. The van der Waals surface area contributed by atoms with E-state index >= 15 is 0 Å². The van der Waals surface area contributed by atoms with Gasteiger partial charge in [0, 0.05) is 16.8 Å². The van der Waals surface area contributed by atoms with E-state index in [9.17, 15) is 4.79 Å². The molecule has 0 bridgehead atoms. The first-order chi connectivity index (χ1) is 21.6. The number of aromatic nitrogens is 3. The third-order valence-electron chi connectivity index (χ3n) is 6.82. The van der Waals surface area contributed by atoms with Crippen molar-refractivity contribution in [3.63, 3.8) is 0 Å². The summed E-state index contributed by atoms with van der Waals surface area (Å²) in [7, 11) is 0. The molecule has 0 fully saturated rings. The molecule has 0 spiro atoms. The minimum Gasteiger partial charge on any atom is -0.457 e. The molecule has 0 aliphatic rings. The fraction of sp³-hybridized carbons (Fsp3) is 0.0857. The van der Waals surface area contributed by atoms with Crippen molar-refractivity contribution < 1.29 is 9.53 Å². The number of ether oxygens (including phenoxy) is 1. The molecule has 0 saturated heterocycles. The van der Waals surface area contributed by atoms with Gasteiger partial charge in [-0.05, 0) is 60.3 Å². The van der Waals surface area contributed by atoms with Gasteiger partial charge in [0.2, 0.25) is 0 Å². The second-order valence-corrected chi connectivity index (χ2v) is 11.2. The predicted molar refractivity (Wildman–Crippen MR) is 177 cm³/mol. The molecule has 218 valence electrons. The Morgan fingerprint density at radius 2 is 1.57 bits per heavy atom. The topological polar surface area (TPSA) is 93.4 Å². The van der Waals surface area contributed by atoms with Crippen molar-refractivity contribution in [2.24, 2.45) is 5.10 Å². The lowest BCUT2D eigenvalue weighted by Crippen LogP contribution is -2.27. The number of nitrogens with one attached hydrogen (secondary N) is 2. The van der Waals surface area contributed by atoms with Gasteiger partial charge in [-0.3, -0.25) is 9.36 Å². The van der Waals surface area contributed by atoms with Crippen LogP contribution in [0.3, 0.4) is 0 Å². The summed E-state index contributed by atoms with van der Waals surface area (Å²) >= 11 is 1.32. The highest BCUT2D eigenvalue weighted by Crippen LogP contribution is 2.28. The first-order valence-corrected chi connectivity index (χ1v) is 15.1. The Labute approximate surface area is 259 Å². The Morgan fingerprint density at radius 1 is 0.864 bits per heavy atom. The van der Waals surface area contributed by atoms with Crippen LogP contribution in [-0.4, -0.2) is 32.1 Å². The molecule has 1 amide bonds. The van der Waals surface area contributed by atoms with Crippen LogP contribution in [0.5, 0.6) is 11.5 Å². The standard InChI is InChI=1S/C35H30N6O2S/c1-25(34(42)39-37-23-26-12-10-19-30(22-26)43-29-17-6-3-7-18-29)44-35-40-38-33(41(35)28-15-4-2-5-16-28)24-36-32-21-11-14-27-13-8-9-20-31(27)32/h2-23,25,36H,24H2,1H3,(H,39,42)/b37-23-/t25-/m0/s1. The van der Waals surface area contributed by atoms with E-state index in [0.717, 1.165) is 39.3 Å². The van der Waals surface area contributed by atoms with E-state index in [1.807, 2.05) is 115 Å². The van der Waals surface area contributed by atoms with Crippen LogP contribution in [0.15, 0.2) is 138 Å². The van der Waals surface area contributed by atoms with Gasteiger partial charge in [0.25, 0.3) is 5.91 Å². The first-order valence-electron chi connectivity index (χ1n) is 14.2. The number of rotatable bonds is 11. The van der Waals surface area contributed by atoms with Crippen LogP contribution in [0.25, 0.3) is 16.5 Å². The van der Waals surface area contributed by atoms with Crippen molar-refractivity contribution in [3.8, 4) is 17.2 Å². The van der Waals surface area contributed by atoms with E-state index < -0.39 is 5.25 Å². The molecule has 1 aromatic heterocycles. The van der Waals surface area contributed by atoms with Crippen LogP contribution in [0.2, 0.25) is 0 Å². The van der Waals surface area contributed by atoms with E-state index in [2.05, 4.69) is 50.3 Å². The minimum absolute atomic E-state index is 0.249. The maximum absolute atomic E-state index is 13.0. The molecule has 6 rings (SSSR count). The lowest BCUT2D eigenvalue weighted by molar-refractivity contribution is -0.120. The summed E-state index contributed by atoms with van der Waals surface area (Å²) in [6, 6.07) is 41.4. The summed E-state index contributed by atoms with van der Waals surface area (Å²) in [5, 5.41) is 19.1. The largest absolute Gasteiger partial charge is 0.457 e. The molecule has 0 aliphatic carbocycles. The Kier molecular flexibility index (Phi) is 8.94. The molecule has 5 aromatic carbocycles. The first kappa shape index (κ1) is 28.7. The van der Waals surface area contributed by atoms with Crippen LogP contribution < -0.4 is 15.5 Å². The van der Waals surface area contributed by atoms with E-state index in [1.54, 1.807) is 6.21 Å². The van der Waals surface area contributed by atoms with Gasteiger partial charge in [-0.15, -0.1) is 10.2 Å². The number of benzene rings is 5. The molecule has 6 aromatic rings. The maximum atomic E-state index is 13.0. The summed E-state index contributed by atoms with van der Waals surface area (Å²) in [6.45, 7) is 2.27. The van der Waals surface area contributed by atoms with Gasteiger partial charge in [-0.1, -0.05) is 96.7 Å². The van der Waals surface area contributed by atoms with Crippen LogP contribution in [0.1, 0.15) is 18.3 Å². The number of carbonyl (C=O) groups excluding carboxylic acids is 1. The smallest absolute Gasteiger partial charge is 0.253 e. The maximum Gasteiger partial charge on any atom is 0.253 e. The highest BCUT2D eigenvalue weighted by atomic mass is 32.2. The monoisotopic (exact) mass is 598 g/mol. The van der Waals surface area contributed by atoms with Crippen LogP contribution in [0, 0.1) is 0 Å². The lowest BCUT2D eigenvalue weighted by Gasteiger charge is -2.14. The number of anilines is 1. The summed E-state index contributed by atoms with van der Waals surface area (Å²) in [6.07, 6.45) is 1.59. The molecule has 2 N–H and O–H groups in total. The zero-order valence-electron chi connectivity index (χ0n) is 24.0. The summed E-state index contributed by atoms with van der Waals surface area (Å²) in [5.41, 5.74) is 5.38. The fourth-order valence-electron chi connectivity index (χ4n) is 4.64. The molecular formula is C35H30N6O2S. The van der Waals surface area contributed by atoms with Gasteiger partial charge < -0.3 is 10.1 Å². The molecule has 44 heavy (non-hydrogen) atoms. The van der Waals surface area contributed by atoms with Crippen molar-refractivity contribution in [1.82, 2.24) is 20.2 Å². The van der Waals surface area contributed by atoms with Crippen molar-refractivity contribution in [2.45, 2.75) is 23.9 Å². The van der Waals surface area contributed by atoms with Crippen LogP contribution >= 0.6 is 11.8 Å². The van der Waals surface area contributed by atoms with Gasteiger partial charge in [0.1, 0.15) is 11.5 Å². The van der Waals surface area contributed by atoms with E-state index in [4.69, 9.17) is 4.74 Å². The number of hydrogen-bond acceptors (Lipinski definition) is 7. The van der Waals surface area contributed by atoms with E-state index in [-0.39, 0.29) is 5.91 Å². The Bertz CT molecular complexity index is 1890. The number of hydrogen-bond donors (Lipinski definition) is 2. The van der Waals surface area contributed by atoms with E-state index in [1.165, 1.54) is 11.8 Å². The quantitative estimate of drug-likeness (QED) is 0.0914. The van der Waals surface area contributed by atoms with Gasteiger partial charge in [-0.25, -0.2) is 5.43 Å². The molecule has 0 unspecified atom stereocenters. The van der Waals surface area contributed by atoms with Crippen LogP contribution in [-0.2, 0) is 11.3 Å². The Balaban J connectivity index is 1.13. The second kappa shape index (κ2) is 13.7. The molecule has 0 radical (unpaired) electrons. The SMILES string of the molecule is C[C@H](Sc1nnc(CNc2cccc3ccccc23)n1-c1ccccc1)C(=O)N/N=C\c1cccc(Oc2ccccc2)c1. The van der Waals surface area contributed by atoms with Gasteiger partial charge in [0.15, 0.2) is 11.0 Å². The number of fused-ring (bicyclic) bond motifs is 1. The minimum atomic E-state index is -0.481. The van der Waals surface area contributed by atoms with E-state index in [0.29, 0.717) is 17.5 Å². The third kappa shape index (κ3) is 6.96. The average Bonchev–Trinajstić information content (AvgIpc) is 3.46. The molecule has 1 heterocycles. The molecule has 9 heteroatoms. The average molecular weight is 599 g/mol. The third-order valence-corrected chi connectivity index (χ3v) is 7.86. The molecule has 0 aliphatic heterocycles. The number of nitrogens with zero attached hydrogens (tertiary/aromatic N) is 4. The molecule has 1 atom stereocenters. The second-order valence-electron chi connectivity index (χ2n) is 9.93. The van der Waals surface area contributed by atoms with Crippen molar-refractivity contribution >= 4 is 40.3 Å². The Hall–Kier alpha value is -5.41. The zero-order valence-corrected chi connectivity index (χ0v) is 24.8. The van der Waals surface area contributed by atoms with Crippen molar-refractivity contribution in [2.75, 3.05) is 5.32 Å².